The minimum atomic E-state index is -4.33. The molecule has 0 spiro atoms. The molecule has 0 heterocycles. The van der Waals surface area contributed by atoms with Crippen LogP contribution in [-0.2, 0) is 5.41 Å². The highest BCUT2D eigenvalue weighted by molar-refractivity contribution is 5.42. The number of hydrogen-bond donors (Lipinski definition) is 0. The number of non-ortho nitro benzene ring substituents is 1. The number of hydrogen-bond acceptors (Lipinski definition) is 2. The van der Waals surface area contributed by atoms with Gasteiger partial charge in [-0.05, 0) is 18.4 Å². The Balaban J connectivity index is 2.42. The molecular weight excluding hydrogens is 223 g/mol. The predicted octanol–water partition coefficient (Wildman–Crippen LogP) is 3.19. The fraction of sp³-hybridized carbons (Fsp3) is 0.400. The zero-order chi connectivity index (χ0) is 12.0. The lowest BCUT2D eigenvalue weighted by Gasteiger charge is -2.19. The summed E-state index contributed by atoms with van der Waals surface area (Å²) in [4.78, 5) is 9.79. The van der Waals surface area contributed by atoms with Gasteiger partial charge in [0.25, 0.3) is 5.69 Å². The number of nitrogens with zero attached hydrogens (tertiary/aromatic N) is 1. The molecule has 0 bridgehead atoms. The molecule has 0 atom stereocenters. The topological polar surface area (TPSA) is 43.1 Å². The van der Waals surface area contributed by atoms with Gasteiger partial charge in [0.1, 0.15) is 0 Å². The van der Waals surface area contributed by atoms with Crippen molar-refractivity contribution in [3.8, 4) is 0 Å². The first-order valence-electron chi connectivity index (χ1n) is 4.68. The van der Waals surface area contributed by atoms with Crippen LogP contribution in [0, 0.1) is 10.1 Å². The number of benzene rings is 1. The molecule has 0 unspecified atom stereocenters. The van der Waals surface area contributed by atoms with Crippen molar-refractivity contribution < 1.29 is 18.1 Å². The second-order valence-electron chi connectivity index (χ2n) is 3.89. The first kappa shape index (κ1) is 10.9. The van der Waals surface area contributed by atoms with Gasteiger partial charge in [-0.15, -0.1) is 0 Å². The van der Waals surface area contributed by atoms with E-state index in [0.29, 0.717) is 0 Å². The minimum Gasteiger partial charge on any atom is -0.258 e. The van der Waals surface area contributed by atoms with Gasteiger partial charge in [0.2, 0.25) is 0 Å². The Morgan fingerprint density at radius 2 is 1.94 bits per heavy atom. The summed E-state index contributed by atoms with van der Waals surface area (Å²) < 4.78 is 38.2. The lowest BCUT2D eigenvalue weighted by Crippen LogP contribution is -2.28. The molecule has 1 saturated carbocycles. The van der Waals surface area contributed by atoms with Crippen molar-refractivity contribution in [1.29, 1.82) is 0 Å². The van der Waals surface area contributed by atoms with E-state index < -0.39 is 16.5 Å². The average Bonchev–Trinajstić information content (AvgIpc) is 2.97. The molecule has 0 amide bonds. The Kier molecular flexibility index (Phi) is 2.18. The number of halogens is 3. The van der Waals surface area contributed by atoms with Crippen LogP contribution in [0.4, 0.5) is 18.9 Å². The van der Waals surface area contributed by atoms with Crippen molar-refractivity contribution in [2.75, 3.05) is 0 Å². The van der Waals surface area contributed by atoms with Crippen LogP contribution in [0.1, 0.15) is 18.4 Å². The Morgan fingerprint density at radius 1 is 1.31 bits per heavy atom. The van der Waals surface area contributed by atoms with Crippen LogP contribution in [0.5, 0.6) is 0 Å². The minimum absolute atomic E-state index is 0.00537. The summed E-state index contributed by atoms with van der Waals surface area (Å²) in [5, 5.41) is 10.5. The van der Waals surface area contributed by atoms with Gasteiger partial charge in [-0.25, -0.2) is 0 Å². The zero-order valence-corrected chi connectivity index (χ0v) is 8.12. The SMILES string of the molecule is O=[N+]([O-])c1cccc(C2(C(F)(F)F)CC2)c1. The maximum atomic E-state index is 12.7. The van der Waals surface area contributed by atoms with Gasteiger partial charge >= 0.3 is 6.18 Å². The van der Waals surface area contributed by atoms with Crippen molar-refractivity contribution in [2.24, 2.45) is 0 Å². The molecule has 0 N–H and O–H groups in total. The average molecular weight is 231 g/mol. The van der Waals surface area contributed by atoms with E-state index in [1.165, 1.54) is 18.2 Å². The first-order chi connectivity index (χ1) is 7.37. The van der Waals surface area contributed by atoms with Crippen molar-refractivity contribution in [3.63, 3.8) is 0 Å². The summed E-state index contributed by atoms with van der Waals surface area (Å²) >= 11 is 0. The van der Waals surface area contributed by atoms with Gasteiger partial charge in [0.15, 0.2) is 0 Å². The van der Waals surface area contributed by atoms with E-state index >= 15 is 0 Å². The van der Waals surface area contributed by atoms with Crippen LogP contribution >= 0.6 is 0 Å². The normalized spacial score (nSPS) is 18.2. The van der Waals surface area contributed by atoms with Crippen LogP contribution in [0.15, 0.2) is 24.3 Å². The summed E-state index contributed by atoms with van der Waals surface area (Å²) in [5.41, 5.74) is -2.15. The standard InChI is InChI=1S/C10H8F3NO2/c11-10(12,13)9(4-5-9)7-2-1-3-8(6-7)14(15)16/h1-3,6H,4-5H2. The van der Waals surface area contributed by atoms with E-state index in [4.69, 9.17) is 0 Å². The molecule has 3 nitrogen and oxygen atoms in total. The first-order valence-corrected chi connectivity index (χ1v) is 4.68. The molecule has 0 saturated heterocycles. The summed E-state index contributed by atoms with van der Waals surface area (Å²) in [6, 6.07) is 4.79. The van der Waals surface area contributed by atoms with E-state index in [9.17, 15) is 23.3 Å². The molecule has 0 aromatic heterocycles. The van der Waals surface area contributed by atoms with Crippen LogP contribution in [0.3, 0.4) is 0 Å². The molecule has 2 rings (SSSR count). The van der Waals surface area contributed by atoms with Crippen molar-refractivity contribution in [3.05, 3.63) is 39.9 Å². The van der Waals surface area contributed by atoms with Crippen LogP contribution < -0.4 is 0 Å². The van der Waals surface area contributed by atoms with Gasteiger partial charge in [0.05, 0.1) is 10.3 Å². The molecule has 0 radical (unpaired) electrons. The summed E-state index contributed by atoms with van der Waals surface area (Å²) in [5.74, 6) is 0. The quantitative estimate of drug-likeness (QED) is 0.579. The Hall–Kier alpha value is -1.59. The van der Waals surface area contributed by atoms with Crippen LogP contribution in [0.25, 0.3) is 0 Å². The Morgan fingerprint density at radius 3 is 2.38 bits per heavy atom. The highest BCUT2D eigenvalue weighted by Gasteiger charge is 2.64. The summed E-state index contributed by atoms with van der Waals surface area (Å²) in [6.45, 7) is 0. The van der Waals surface area contributed by atoms with E-state index in [0.717, 1.165) is 6.07 Å². The molecule has 6 heteroatoms. The monoisotopic (exact) mass is 231 g/mol. The van der Waals surface area contributed by atoms with Crippen molar-refractivity contribution >= 4 is 5.69 Å². The number of rotatable bonds is 2. The summed E-state index contributed by atoms with van der Waals surface area (Å²) in [7, 11) is 0. The van der Waals surface area contributed by atoms with Crippen molar-refractivity contribution in [2.45, 2.75) is 24.4 Å². The lowest BCUT2D eigenvalue weighted by molar-refractivity contribution is -0.385. The van der Waals surface area contributed by atoms with Gasteiger partial charge in [-0.3, -0.25) is 10.1 Å². The third kappa shape index (κ3) is 1.54. The Labute approximate surface area is 89.0 Å². The third-order valence-electron chi connectivity index (χ3n) is 2.90. The third-order valence-corrected chi connectivity index (χ3v) is 2.90. The number of nitro benzene ring substituents is 1. The summed E-state index contributed by atoms with van der Waals surface area (Å²) in [6.07, 6.45) is -4.31. The molecule has 1 aromatic rings. The number of alkyl halides is 3. The van der Waals surface area contributed by atoms with E-state index in [-0.39, 0.29) is 24.1 Å². The molecule has 1 fully saturated rings. The van der Waals surface area contributed by atoms with Gasteiger partial charge in [0, 0.05) is 12.1 Å². The molecule has 1 aliphatic rings. The predicted molar refractivity (Wildman–Crippen MR) is 50.1 cm³/mol. The lowest BCUT2D eigenvalue weighted by atomic mass is 9.95. The van der Waals surface area contributed by atoms with Crippen LogP contribution in [-0.4, -0.2) is 11.1 Å². The van der Waals surface area contributed by atoms with E-state index in [1.807, 2.05) is 0 Å². The highest BCUT2D eigenvalue weighted by Crippen LogP contribution is 2.59. The second-order valence-corrected chi connectivity index (χ2v) is 3.89. The maximum Gasteiger partial charge on any atom is 0.398 e. The smallest absolute Gasteiger partial charge is 0.258 e. The molecule has 1 aliphatic carbocycles. The fourth-order valence-electron chi connectivity index (χ4n) is 1.78. The van der Waals surface area contributed by atoms with Crippen molar-refractivity contribution in [1.82, 2.24) is 0 Å². The Bertz CT molecular complexity index is 438. The number of nitro groups is 1. The van der Waals surface area contributed by atoms with Crippen LogP contribution in [0.2, 0.25) is 0 Å². The highest BCUT2D eigenvalue weighted by atomic mass is 19.4. The van der Waals surface area contributed by atoms with Gasteiger partial charge in [-0.2, -0.15) is 13.2 Å². The van der Waals surface area contributed by atoms with Gasteiger partial charge < -0.3 is 0 Å². The molecule has 1 aromatic carbocycles. The van der Waals surface area contributed by atoms with E-state index in [1.54, 1.807) is 0 Å². The molecule has 16 heavy (non-hydrogen) atoms. The zero-order valence-electron chi connectivity index (χ0n) is 8.12. The second kappa shape index (κ2) is 3.20. The largest absolute Gasteiger partial charge is 0.398 e. The van der Waals surface area contributed by atoms with Gasteiger partial charge in [-0.1, -0.05) is 12.1 Å². The molecular formula is C10H8F3NO2. The fourth-order valence-corrected chi connectivity index (χ4v) is 1.78. The maximum absolute atomic E-state index is 12.7. The molecule has 0 aliphatic heterocycles. The molecule has 86 valence electrons. The van der Waals surface area contributed by atoms with E-state index in [2.05, 4.69) is 0 Å².